The number of ether oxygens (including phenoxy) is 1. The molecule has 5 atom stereocenters. The van der Waals surface area contributed by atoms with E-state index in [2.05, 4.69) is 12.1 Å². The van der Waals surface area contributed by atoms with Crippen molar-refractivity contribution in [1.29, 1.82) is 0 Å². The SMILES string of the molecule is COc1ccc2c(c1)C(=O)/C(=N\O)[C@@H]1[C@@H]2CC[C@]2(C)[C@@H](O)CC[C@@H]12. The second kappa shape index (κ2) is 5.31. The Morgan fingerprint density at radius 3 is 2.79 bits per heavy atom. The van der Waals surface area contributed by atoms with E-state index in [-0.39, 0.29) is 40.8 Å². The highest BCUT2D eigenvalue weighted by atomic mass is 16.5. The van der Waals surface area contributed by atoms with E-state index in [1.807, 2.05) is 12.1 Å². The first-order chi connectivity index (χ1) is 11.5. The summed E-state index contributed by atoms with van der Waals surface area (Å²) in [7, 11) is 1.57. The molecule has 0 bridgehead atoms. The number of hydrogen-bond acceptors (Lipinski definition) is 5. The smallest absolute Gasteiger partial charge is 0.211 e. The van der Waals surface area contributed by atoms with Gasteiger partial charge in [-0.1, -0.05) is 18.1 Å². The van der Waals surface area contributed by atoms with Crippen molar-refractivity contribution in [3.8, 4) is 5.75 Å². The van der Waals surface area contributed by atoms with Crippen LogP contribution in [0.5, 0.6) is 5.75 Å². The van der Waals surface area contributed by atoms with E-state index in [0.29, 0.717) is 11.3 Å². The minimum absolute atomic E-state index is 0.112. The number of nitrogens with zero attached hydrogens (tertiary/aromatic N) is 1. The van der Waals surface area contributed by atoms with Gasteiger partial charge in [0, 0.05) is 11.5 Å². The molecule has 2 N–H and O–H groups in total. The summed E-state index contributed by atoms with van der Waals surface area (Å²) in [4.78, 5) is 12.9. The average Bonchev–Trinajstić information content (AvgIpc) is 2.90. The minimum atomic E-state index is -0.337. The molecule has 24 heavy (non-hydrogen) atoms. The lowest BCUT2D eigenvalue weighted by Crippen LogP contribution is -2.49. The molecule has 2 fully saturated rings. The predicted molar refractivity (Wildman–Crippen MR) is 88.8 cm³/mol. The van der Waals surface area contributed by atoms with Gasteiger partial charge in [0.1, 0.15) is 11.5 Å². The van der Waals surface area contributed by atoms with Crippen LogP contribution < -0.4 is 4.74 Å². The fourth-order valence-electron chi connectivity index (χ4n) is 5.43. The Labute approximate surface area is 141 Å². The molecule has 0 saturated heterocycles. The van der Waals surface area contributed by atoms with Gasteiger partial charge in [-0.3, -0.25) is 4.79 Å². The average molecular weight is 329 g/mol. The number of ketones is 1. The van der Waals surface area contributed by atoms with Crippen LogP contribution in [-0.4, -0.2) is 35.0 Å². The predicted octanol–water partition coefficient (Wildman–Crippen LogP) is 2.99. The zero-order valence-corrected chi connectivity index (χ0v) is 14.0. The molecule has 1 aromatic rings. The molecule has 128 valence electrons. The van der Waals surface area contributed by atoms with Gasteiger partial charge in [0.15, 0.2) is 0 Å². The fourth-order valence-corrected chi connectivity index (χ4v) is 5.43. The van der Waals surface area contributed by atoms with E-state index < -0.39 is 0 Å². The third-order valence-corrected chi connectivity index (χ3v) is 6.78. The van der Waals surface area contributed by atoms with Crippen LogP contribution in [0.3, 0.4) is 0 Å². The maximum Gasteiger partial charge on any atom is 0.211 e. The Bertz CT molecular complexity index is 728. The van der Waals surface area contributed by atoms with Gasteiger partial charge in [-0.25, -0.2) is 0 Å². The van der Waals surface area contributed by atoms with Crippen molar-refractivity contribution in [1.82, 2.24) is 0 Å². The summed E-state index contributed by atoms with van der Waals surface area (Å²) >= 11 is 0. The first kappa shape index (κ1) is 15.6. The van der Waals surface area contributed by atoms with Crippen LogP contribution in [0.2, 0.25) is 0 Å². The molecule has 1 aromatic carbocycles. The Balaban J connectivity index is 1.85. The lowest BCUT2D eigenvalue weighted by Gasteiger charge is -2.49. The van der Waals surface area contributed by atoms with Gasteiger partial charge in [-0.15, -0.1) is 0 Å². The molecular formula is C19H23NO4. The summed E-state index contributed by atoms with van der Waals surface area (Å²) in [6.07, 6.45) is 3.11. The largest absolute Gasteiger partial charge is 0.497 e. The summed E-state index contributed by atoms with van der Waals surface area (Å²) in [5.41, 5.74) is 1.68. The Morgan fingerprint density at radius 1 is 1.29 bits per heavy atom. The Hall–Kier alpha value is -1.88. The standard InChI is InChI=1S/C19H23NO4/c1-19-8-7-12-11-4-3-10(24-2)9-13(11)18(22)17(20-23)16(12)14(19)5-6-15(19)21/h3-4,9,12,14-16,21,23H,5-8H2,1-2H3/b20-17-/t12-,14+,15+,16-,19+/m1/s1. The molecule has 0 radical (unpaired) electrons. The monoisotopic (exact) mass is 329 g/mol. The molecule has 0 unspecified atom stereocenters. The maximum atomic E-state index is 12.9. The van der Waals surface area contributed by atoms with Crippen molar-refractivity contribution >= 4 is 11.5 Å². The number of rotatable bonds is 1. The van der Waals surface area contributed by atoms with Gasteiger partial charge in [0.25, 0.3) is 0 Å². The normalized spacial score (nSPS) is 39.3. The minimum Gasteiger partial charge on any atom is -0.497 e. The molecule has 3 aliphatic rings. The highest BCUT2D eigenvalue weighted by molar-refractivity contribution is 6.48. The number of oxime groups is 1. The topological polar surface area (TPSA) is 79.1 Å². The van der Waals surface area contributed by atoms with Gasteiger partial charge in [0.2, 0.25) is 5.78 Å². The molecular weight excluding hydrogens is 306 g/mol. The van der Waals surface area contributed by atoms with Crippen molar-refractivity contribution in [3.05, 3.63) is 29.3 Å². The van der Waals surface area contributed by atoms with Crippen LogP contribution in [-0.2, 0) is 0 Å². The van der Waals surface area contributed by atoms with Crippen LogP contribution in [0.25, 0.3) is 0 Å². The highest BCUT2D eigenvalue weighted by Gasteiger charge is 2.57. The van der Waals surface area contributed by atoms with Crippen LogP contribution >= 0.6 is 0 Å². The third kappa shape index (κ3) is 1.91. The number of benzene rings is 1. The third-order valence-electron chi connectivity index (χ3n) is 6.78. The second-order valence-corrected chi connectivity index (χ2v) is 7.64. The van der Waals surface area contributed by atoms with Gasteiger partial charge in [-0.2, -0.15) is 0 Å². The summed E-state index contributed by atoms with van der Waals surface area (Å²) in [6.45, 7) is 2.12. The number of aliphatic hydroxyl groups is 1. The molecule has 5 nitrogen and oxygen atoms in total. The molecule has 0 aromatic heterocycles. The molecule has 0 amide bonds. The van der Waals surface area contributed by atoms with Crippen LogP contribution in [0, 0.1) is 17.3 Å². The van der Waals surface area contributed by atoms with Crippen LogP contribution in [0.15, 0.2) is 23.4 Å². The van der Waals surface area contributed by atoms with Crippen molar-refractivity contribution < 1.29 is 19.8 Å². The number of fused-ring (bicyclic) bond motifs is 5. The quantitative estimate of drug-likeness (QED) is 0.613. The summed E-state index contributed by atoms with van der Waals surface area (Å²) in [5.74, 6) is 0.654. The zero-order chi connectivity index (χ0) is 17.1. The molecule has 3 aliphatic carbocycles. The molecule has 0 spiro atoms. The van der Waals surface area contributed by atoms with E-state index in [9.17, 15) is 15.1 Å². The fraction of sp³-hybridized carbons (Fsp3) is 0.579. The molecule has 2 saturated carbocycles. The number of aliphatic hydroxyl groups excluding tert-OH is 1. The maximum absolute atomic E-state index is 12.9. The highest BCUT2D eigenvalue weighted by Crippen LogP contribution is 2.60. The van der Waals surface area contributed by atoms with Crippen LogP contribution in [0.4, 0.5) is 0 Å². The first-order valence-corrected chi connectivity index (χ1v) is 8.64. The van der Waals surface area contributed by atoms with Crippen molar-refractivity contribution in [3.63, 3.8) is 0 Å². The van der Waals surface area contributed by atoms with Gasteiger partial charge < -0.3 is 15.1 Å². The molecule has 0 aliphatic heterocycles. The second-order valence-electron chi connectivity index (χ2n) is 7.64. The van der Waals surface area contributed by atoms with Crippen molar-refractivity contribution in [2.45, 2.75) is 44.6 Å². The molecule has 5 heteroatoms. The van der Waals surface area contributed by atoms with E-state index in [0.717, 1.165) is 31.2 Å². The summed E-state index contributed by atoms with van der Waals surface area (Å²) in [6, 6.07) is 5.61. The Kier molecular flexibility index (Phi) is 3.46. The van der Waals surface area contributed by atoms with E-state index >= 15 is 0 Å². The Morgan fingerprint density at radius 2 is 2.08 bits per heavy atom. The lowest BCUT2D eigenvalue weighted by atomic mass is 9.54. The number of methoxy groups -OCH3 is 1. The van der Waals surface area contributed by atoms with Gasteiger partial charge >= 0.3 is 0 Å². The lowest BCUT2D eigenvalue weighted by molar-refractivity contribution is -0.00516. The molecule has 0 heterocycles. The van der Waals surface area contributed by atoms with E-state index in [1.54, 1.807) is 13.2 Å². The number of carbonyl (C=O) groups is 1. The van der Waals surface area contributed by atoms with Gasteiger partial charge in [-0.05, 0) is 60.6 Å². The van der Waals surface area contributed by atoms with Crippen LogP contribution in [0.1, 0.15) is 54.4 Å². The van der Waals surface area contributed by atoms with E-state index in [4.69, 9.17) is 4.74 Å². The zero-order valence-electron chi connectivity index (χ0n) is 14.0. The van der Waals surface area contributed by atoms with E-state index in [1.165, 1.54) is 0 Å². The van der Waals surface area contributed by atoms with Crippen molar-refractivity contribution in [2.24, 2.45) is 22.4 Å². The molecule has 4 rings (SSSR count). The summed E-state index contributed by atoms with van der Waals surface area (Å²) in [5, 5.41) is 23.5. The number of carbonyl (C=O) groups excluding carboxylic acids is 1. The first-order valence-electron chi connectivity index (χ1n) is 8.64. The van der Waals surface area contributed by atoms with Gasteiger partial charge in [0.05, 0.1) is 13.2 Å². The number of Topliss-reactive ketones (excluding diaryl/α,β-unsaturated/α-hetero) is 1. The van der Waals surface area contributed by atoms with Crippen molar-refractivity contribution in [2.75, 3.05) is 7.11 Å². The number of hydrogen-bond donors (Lipinski definition) is 2. The summed E-state index contributed by atoms with van der Waals surface area (Å²) < 4.78 is 5.25.